The molecule has 0 spiro atoms. The lowest BCUT2D eigenvalue weighted by atomic mass is 10.0. The molecular weight excluding hydrogens is 208 g/mol. The number of benzene rings is 1. The van der Waals surface area contributed by atoms with Gasteiger partial charge in [0.2, 0.25) is 0 Å². The Morgan fingerprint density at radius 1 is 1.41 bits per heavy atom. The lowest BCUT2D eigenvalue weighted by Gasteiger charge is -2.10. The van der Waals surface area contributed by atoms with E-state index >= 15 is 0 Å². The van der Waals surface area contributed by atoms with Gasteiger partial charge >= 0.3 is 0 Å². The molecule has 0 aliphatic carbocycles. The Balaban J connectivity index is 3.00. The minimum atomic E-state index is 0.897. The summed E-state index contributed by atoms with van der Waals surface area (Å²) in [6.07, 6.45) is 3.23. The Kier molecular flexibility index (Phi) is 4.98. The first-order chi connectivity index (χ1) is 8.08. The zero-order valence-corrected chi connectivity index (χ0v) is 11.2. The third-order valence-corrected chi connectivity index (χ3v) is 2.88. The van der Waals surface area contributed by atoms with Crippen molar-refractivity contribution in [3.63, 3.8) is 0 Å². The van der Waals surface area contributed by atoms with E-state index in [0.29, 0.717) is 0 Å². The normalized spacial score (nSPS) is 11.4. The minimum Gasteiger partial charge on any atom is -0.322 e. The predicted octanol–water partition coefficient (Wildman–Crippen LogP) is 3.20. The molecule has 1 rings (SSSR count). The number of nitrogens with one attached hydrogen (secondary N) is 2. The van der Waals surface area contributed by atoms with Crippen molar-refractivity contribution in [2.24, 2.45) is 0 Å². The van der Waals surface area contributed by atoms with Crippen LogP contribution in [-0.2, 0) is 6.42 Å². The number of hydrazine groups is 1. The van der Waals surface area contributed by atoms with Gasteiger partial charge in [-0.25, -0.2) is 5.43 Å². The monoisotopic (exact) mass is 230 g/mol. The van der Waals surface area contributed by atoms with Gasteiger partial charge in [-0.2, -0.15) is 0 Å². The summed E-state index contributed by atoms with van der Waals surface area (Å²) in [6, 6.07) is 6.60. The third-order valence-electron chi connectivity index (χ3n) is 2.88. The van der Waals surface area contributed by atoms with Crippen LogP contribution in [0.3, 0.4) is 0 Å². The van der Waals surface area contributed by atoms with Crippen LogP contribution in [0.25, 0.3) is 6.08 Å². The highest BCUT2D eigenvalue weighted by molar-refractivity contribution is 5.60. The van der Waals surface area contributed by atoms with Crippen LogP contribution in [-0.4, -0.2) is 7.05 Å². The van der Waals surface area contributed by atoms with E-state index in [1.807, 2.05) is 7.05 Å². The highest BCUT2D eigenvalue weighted by atomic mass is 15.3. The molecule has 0 unspecified atom stereocenters. The van der Waals surface area contributed by atoms with Gasteiger partial charge in [0, 0.05) is 12.7 Å². The highest BCUT2D eigenvalue weighted by Crippen LogP contribution is 2.17. The van der Waals surface area contributed by atoms with Crippen molar-refractivity contribution in [1.82, 2.24) is 10.9 Å². The SMILES string of the molecule is C=C(NNC)/C(C)=C/c1cc(CC)ccc1C. The second-order valence-electron chi connectivity index (χ2n) is 4.23. The maximum absolute atomic E-state index is 3.97. The number of hydrogen-bond donors (Lipinski definition) is 2. The standard InChI is InChI=1S/C15H22N2/c1-6-14-8-7-11(2)15(10-14)9-12(3)13(4)17-16-5/h7-10,16-17H,4,6H2,1-3,5H3/b12-9+. The summed E-state index contributed by atoms with van der Waals surface area (Å²) in [7, 11) is 1.83. The molecular formula is C15H22N2. The lowest BCUT2D eigenvalue weighted by Crippen LogP contribution is -2.26. The maximum Gasteiger partial charge on any atom is 0.0445 e. The first-order valence-electron chi connectivity index (χ1n) is 5.98. The smallest absolute Gasteiger partial charge is 0.0445 e. The molecule has 2 heteroatoms. The van der Waals surface area contributed by atoms with E-state index in [2.05, 4.69) is 62.5 Å². The zero-order valence-electron chi connectivity index (χ0n) is 11.2. The molecule has 2 nitrogen and oxygen atoms in total. The molecule has 17 heavy (non-hydrogen) atoms. The van der Waals surface area contributed by atoms with E-state index in [9.17, 15) is 0 Å². The van der Waals surface area contributed by atoms with Crippen LogP contribution >= 0.6 is 0 Å². The highest BCUT2D eigenvalue weighted by Gasteiger charge is 2.00. The quantitative estimate of drug-likeness (QED) is 0.599. The molecule has 2 N–H and O–H groups in total. The van der Waals surface area contributed by atoms with Crippen LogP contribution in [0.2, 0.25) is 0 Å². The summed E-state index contributed by atoms with van der Waals surface area (Å²) in [5.41, 5.74) is 11.8. The summed E-state index contributed by atoms with van der Waals surface area (Å²) in [4.78, 5) is 0. The Bertz CT molecular complexity index is 431. The number of aryl methyl sites for hydroxylation is 2. The van der Waals surface area contributed by atoms with Crippen LogP contribution in [0.4, 0.5) is 0 Å². The van der Waals surface area contributed by atoms with Crippen LogP contribution in [0.5, 0.6) is 0 Å². The van der Waals surface area contributed by atoms with Gasteiger partial charge in [-0.15, -0.1) is 0 Å². The first-order valence-corrected chi connectivity index (χ1v) is 5.98. The number of allylic oxidation sites excluding steroid dienone is 1. The van der Waals surface area contributed by atoms with Crippen molar-refractivity contribution in [2.75, 3.05) is 7.05 Å². The minimum absolute atomic E-state index is 0.897. The maximum atomic E-state index is 3.97. The topological polar surface area (TPSA) is 24.1 Å². The molecule has 0 aliphatic rings. The summed E-state index contributed by atoms with van der Waals surface area (Å²) >= 11 is 0. The van der Waals surface area contributed by atoms with E-state index < -0.39 is 0 Å². The molecule has 0 amide bonds. The largest absolute Gasteiger partial charge is 0.322 e. The summed E-state index contributed by atoms with van der Waals surface area (Å²) < 4.78 is 0. The second kappa shape index (κ2) is 6.26. The molecule has 1 aromatic carbocycles. The summed E-state index contributed by atoms with van der Waals surface area (Å²) in [5.74, 6) is 0. The molecule has 0 aromatic heterocycles. The van der Waals surface area contributed by atoms with Gasteiger partial charge in [0.15, 0.2) is 0 Å². The average Bonchev–Trinajstić information content (AvgIpc) is 2.32. The average molecular weight is 230 g/mol. The lowest BCUT2D eigenvalue weighted by molar-refractivity contribution is 0.699. The van der Waals surface area contributed by atoms with E-state index in [1.165, 1.54) is 16.7 Å². The fraction of sp³-hybridized carbons (Fsp3) is 0.333. The van der Waals surface area contributed by atoms with E-state index in [0.717, 1.165) is 17.7 Å². The van der Waals surface area contributed by atoms with Gasteiger partial charge < -0.3 is 5.43 Å². The van der Waals surface area contributed by atoms with Crippen LogP contribution < -0.4 is 10.9 Å². The van der Waals surface area contributed by atoms with E-state index in [4.69, 9.17) is 0 Å². The number of hydrogen-bond acceptors (Lipinski definition) is 2. The molecule has 0 aliphatic heterocycles. The Hall–Kier alpha value is -1.54. The molecule has 0 bridgehead atoms. The molecule has 92 valence electrons. The van der Waals surface area contributed by atoms with Crippen molar-refractivity contribution in [2.45, 2.75) is 27.2 Å². The van der Waals surface area contributed by atoms with Gasteiger partial charge in [0.25, 0.3) is 0 Å². The van der Waals surface area contributed by atoms with Gasteiger partial charge in [0.1, 0.15) is 0 Å². The van der Waals surface area contributed by atoms with Crippen LogP contribution in [0, 0.1) is 6.92 Å². The predicted molar refractivity (Wildman–Crippen MR) is 75.5 cm³/mol. The van der Waals surface area contributed by atoms with Gasteiger partial charge in [0.05, 0.1) is 0 Å². The molecule has 0 atom stereocenters. The van der Waals surface area contributed by atoms with Crippen molar-refractivity contribution in [3.8, 4) is 0 Å². The Labute approximate surface area is 104 Å². The van der Waals surface area contributed by atoms with Crippen LogP contribution in [0.1, 0.15) is 30.5 Å². The van der Waals surface area contributed by atoms with Gasteiger partial charge in [-0.1, -0.05) is 31.7 Å². The van der Waals surface area contributed by atoms with E-state index in [1.54, 1.807) is 0 Å². The summed E-state index contributed by atoms with van der Waals surface area (Å²) in [5, 5.41) is 0. The first kappa shape index (κ1) is 13.5. The Morgan fingerprint density at radius 3 is 2.71 bits per heavy atom. The van der Waals surface area contributed by atoms with E-state index in [-0.39, 0.29) is 0 Å². The van der Waals surface area contributed by atoms with Gasteiger partial charge in [-0.05, 0) is 48.6 Å². The van der Waals surface area contributed by atoms with Crippen LogP contribution in [0.15, 0.2) is 36.0 Å². The Morgan fingerprint density at radius 2 is 2.12 bits per heavy atom. The fourth-order valence-corrected chi connectivity index (χ4v) is 1.64. The van der Waals surface area contributed by atoms with Crippen molar-refractivity contribution in [3.05, 3.63) is 52.7 Å². The molecule has 0 saturated carbocycles. The molecule has 0 radical (unpaired) electrons. The van der Waals surface area contributed by atoms with Crippen molar-refractivity contribution >= 4 is 6.08 Å². The van der Waals surface area contributed by atoms with Crippen molar-refractivity contribution < 1.29 is 0 Å². The molecule has 0 heterocycles. The third kappa shape index (κ3) is 3.75. The van der Waals surface area contributed by atoms with Gasteiger partial charge in [-0.3, -0.25) is 0 Å². The molecule has 1 aromatic rings. The molecule has 0 fully saturated rings. The fourth-order valence-electron chi connectivity index (χ4n) is 1.64. The zero-order chi connectivity index (χ0) is 12.8. The van der Waals surface area contributed by atoms with Crippen molar-refractivity contribution in [1.29, 1.82) is 0 Å². The second-order valence-corrected chi connectivity index (χ2v) is 4.23. The molecule has 0 saturated heterocycles. The number of rotatable bonds is 5. The summed E-state index contributed by atoms with van der Waals surface area (Å²) in [6.45, 7) is 10.3.